The third kappa shape index (κ3) is 7.31. The number of rotatable bonds is 11. The lowest BCUT2D eigenvalue weighted by Gasteiger charge is -2.20. The van der Waals surface area contributed by atoms with Crippen LogP contribution in [-0.4, -0.2) is 63.0 Å². The molecule has 2 N–H and O–H groups in total. The molecule has 204 valence electrons. The number of nitrogens with zero attached hydrogens (tertiary/aromatic N) is 2. The van der Waals surface area contributed by atoms with Gasteiger partial charge in [-0.15, -0.1) is 0 Å². The molecule has 8 heteroatoms. The van der Waals surface area contributed by atoms with Crippen molar-refractivity contribution in [3.8, 4) is 0 Å². The highest BCUT2D eigenvalue weighted by Gasteiger charge is 2.29. The van der Waals surface area contributed by atoms with Crippen LogP contribution in [0.4, 0.5) is 15.8 Å². The Hall–Kier alpha value is -4.01. The lowest BCUT2D eigenvalue weighted by molar-refractivity contribution is -0.140. The molecule has 0 fully saturated rings. The molecule has 0 bridgehead atoms. The average Bonchev–Trinajstić information content (AvgIpc) is 3.24. The first kappa shape index (κ1) is 28.0. The monoisotopic (exact) mass is 530 g/mol. The van der Waals surface area contributed by atoms with Crippen LogP contribution in [0.25, 0.3) is 11.3 Å². The summed E-state index contributed by atoms with van der Waals surface area (Å²) in [6, 6.07) is 20.2. The fourth-order valence-corrected chi connectivity index (χ4v) is 4.46. The number of nitrogens with one attached hydrogen (secondary N) is 2. The van der Waals surface area contributed by atoms with Crippen molar-refractivity contribution in [1.29, 1.82) is 0 Å². The summed E-state index contributed by atoms with van der Waals surface area (Å²) in [4.78, 5) is 29.1. The van der Waals surface area contributed by atoms with Crippen LogP contribution in [0.15, 0.2) is 66.7 Å². The van der Waals surface area contributed by atoms with Gasteiger partial charge in [-0.2, -0.15) is 0 Å². The van der Waals surface area contributed by atoms with Crippen LogP contribution < -0.4 is 10.6 Å². The van der Waals surface area contributed by atoms with Gasteiger partial charge in [-0.25, -0.2) is 4.39 Å². The zero-order chi connectivity index (χ0) is 27.9. The smallest absolute Gasteiger partial charge is 0.305 e. The number of ether oxygens (including phenoxy) is 1. The zero-order valence-corrected chi connectivity index (χ0v) is 22.9. The maximum Gasteiger partial charge on any atom is 0.305 e. The summed E-state index contributed by atoms with van der Waals surface area (Å²) in [6.45, 7) is 2.78. The first-order chi connectivity index (χ1) is 18.7. The molecule has 3 aromatic rings. The van der Waals surface area contributed by atoms with Gasteiger partial charge in [0, 0.05) is 37.3 Å². The van der Waals surface area contributed by atoms with Crippen molar-refractivity contribution in [3.63, 3.8) is 0 Å². The van der Waals surface area contributed by atoms with E-state index < -0.39 is 5.82 Å². The van der Waals surface area contributed by atoms with Crippen molar-refractivity contribution >= 4 is 34.5 Å². The van der Waals surface area contributed by atoms with Crippen LogP contribution in [-0.2, 0) is 27.3 Å². The molecule has 1 aliphatic heterocycles. The van der Waals surface area contributed by atoms with E-state index in [-0.39, 0.29) is 11.9 Å². The molecule has 0 unspecified atom stereocenters. The van der Waals surface area contributed by atoms with Gasteiger partial charge in [-0.05, 0) is 74.6 Å². The number of fused-ring (bicyclic) bond motifs is 1. The largest absolute Gasteiger partial charge is 0.469 e. The number of carbonyl (C=O) groups excluding carboxylic acids is 2. The van der Waals surface area contributed by atoms with Gasteiger partial charge >= 0.3 is 5.97 Å². The lowest BCUT2D eigenvalue weighted by Crippen LogP contribution is -2.28. The molecule has 0 saturated heterocycles. The minimum absolute atomic E-state index is 0.262. The van der Waals surface area contributed by atoms with E-state index in [1.807, 2.05) is 36.4 Å². The highest BCUT2D eigenvalue weighted by molar-refractivity contribution is 6.37. The van der Waals surface area contributed by atoms with Gasteiger partial charge in [0.15, 0.2) is 0 Å². The first-order valence-corrected chi connectivity index (χ1v) is 12.9. The molecule has 0 aromatic heterocycles. The molecule has 39 heavy (non-hydrogen) atoms. The van der Waals surface area contributed by atoms with E-state index in [4.69, 9.17) is 4.74 Å². The molecular formula is C31H35FN4O3. The van der Waals surface area contributed by atoms with Gasteiger partial charge in [-0.1, -0.05) is 36.4 Å². The van der Waals surface area contributed by atoms with Crippen LogP contribution in [0.3, 0.4) is 0 Å². The molecule has 0 radical (unpaired) electrons. The normalized spacial score (nSPS) is 13.9. The quantitative estimate of drug-likeness (QED) is 0.273. The fourth-order valence-electron chi connectivity index (χ4n) is 4.46. The molecule has 0 atom stereocenters. The maximum absolute atomic E-state index is 13.9. The van der Waals surface area contributed by atoms with Crippen molar-refractivity contribution in [1.82, 2.24) is 9.80 Å². The first-order valence-electron chi connectivity index (χ1n) is 12.9. The van der Waals surface area contributed by atoms with Crippen LogP contribution in [0, 0.1) is 5.82 Å². The second-order valence-corrected chi connectivity index (χ2v) is 10.0. The van der Waals surface area contributed by atoms with E-state index in [2.05, 4.69) is 53.7 Å². The van der Waals surface area contributed by atoms with E-state index in [0.29, 0.717) is 35.4 Å². The Labute approximate surface area is 229 Å². The Morgan fingerprint density at radius 1 is 0.949 bits per heavy atom. The van der Waals surface area contributed by atoms with E-state index in [9.17, 15) is 14.0 Å². The van der Waals surface area contributed by atoms with Crippen LogP contribution in [0.1, 0.15) is 28.7 Å². The number of methoxy groups -OCH3 is 1. The standard InChI is InChI=1S/C31H35FN4O3/c1-35(2)17-18-36(3)20-22-7-13-25(14-8-22)33-30(23-10-5-21(6-11-23)9-16-28(37)39-4)29-26-15-12-24(32)19-27(26)34-31(29)38/h5-8,10-15,19,33H,9,16-18,20H2,1-4H3,(H,34,38)/b30-29-. The molecule has 7 nitrogen and oxygen atoms in total. The molecule has 1 heterocycles. The Kier molecular flexibility index (Phi) is 9.11. The third-order valence-electron chi connectivity index (χ3n) is 6.67. The molecular weight excluding hydrogens is 495 g/mol. The van der Waals surface area contributed by atoms with E-state index in [0.717, 1.165) is 36.4 Å². The third-order valence-corrected chi connectivity index (χ3v) is 6.67. The summed E-state index contributed by atoms with van der Waals surface area (Å²) in [5, 5.41) is 6.24. The summed E-state index contributed by atoms with van der Waals surface area (Å²) < 4.78 is 18.6. The molecule has 0 saturated carbocycles. The highest BCUT2D eigenvalue weighted by Crippen LogP contribution is 2.38. The van der Waals surface area contributed by atoms with Crippen molar-refractivity contribution in [2.45, 2.75) is 19.4 Å². The summed E-state index contributed by atoms with van der Waals surface area (Å²) >= 11 is 0. The highest BCUT2D eigenvalue weighted by atomic mass is 19.1. The number of halogens is 1. The molecule has 3 aromatic carbocycles. The second kappa shape index (κ2) is 12.7. The van der Waals surface area contributed by atoms with Crippen LogP contribution in [0.5, 0.6) is 0 Å². The number of hydrogen-bond donors (Lipinski definition) is 2. The van der Waals surface area contributed by atoms with Crippen molar-refractivity contribution in [3.05, 3.63) is 94.8 Å². The number of aryl methyl sites for hydroxylation is 1. The van der Waals surface area contributed by atoms with Gasteiger partial charge in [0.25, 0.3) is 5.91 Å². The van der Waals surface area contributed by atoms with E-state index in [1.165, 1.54) is 24.8 Å². The predicted molar refractivity (Wildman–Crippen MR) is 154 cm³/mol. The number of esters is 1. The molecule has 0 aliphatic carbocycles. The van der Waals surface area contributed by atoms with E-state index in [1.54, 1.807) is 6.07 Å². The Bertz CT molecular complexity index is 1350. The number of benzene rings is 3. The Morgan fingerprint density at radius 3 is 2.31 bits per heavy atom. The van der Waals surface area contributed by atoms with Gasteiger partial charge in [-0.3, -0.25) is 9.59 Å². The summed E-state index contributed by atoms with van der Waals surface area (Å²) in [5.74, 6) is -0.972. The molecule has 4 rings (SSSR count). The molecule has 1 amide bonds. The zero-order valence-electron chi connectivity index (χ0n) is 22.9. The number of carbonyl (C=O) groups is 2. The van der Waals surface area contributed by atoms with Crippen molar-refractivity contribution in [2.75, 3.05) is 52.0 Å². The maximum atomic E-state index is 13.9. The van der Waals surface area contributed by atoms with Gasteiger partial charge in [0.2, 0.25) is 0 Å². The molecule has 0 spiro atoms. The number of hydrogen-bond acceptors (Lipinski definition) is 6. The minimum Gasteiger partial charge on any atom is -0.469 e. The summed E-state index contributed by atoms with van der Waals surface area (Å²) in [6.07, 6.45) is 0.847. The Balaban J connectivity index is 1.62. The van der Waals surface area contributed by atoms with E-state index >= 15 is 0 Å². The topological polar surface area (TPSA) is 73.9 Å². The Morgan fingerprint density at radius 2 is 1.64 bits per heavy atom. The van der Waals surface area contributed by atoms with Gasteiger partial charge < -0.3 is 25.2 Å². The van der Waals surface area contributed by atoms with Gasteiger partial charge in [0.1, 0.15) is 5.82 Å². The SMILES string of the molecule is COC(=O)CCc1ccc(/C(Nc2ccc(CN(C)CCN(C)C)cc2)=C2/C(=O)Nc3cc(F)ccc32)cc1. The van der Waals surface area contributed by atoms with Gasteiger partial charge in [0.05, 0.1) is 24.1 Å². The number of anilines is 2. The summed E-state index contributed by atoms with van der Waals surface area (Å²) in [5.41, 5.74) is 5.94. The van der Waals surface area contributed by atoms with Crippen LogP contribution in [0.2, 0.25) is 0 Å². The molecule has 1 aliphatic rings. The summed E-state index contributed by atoms with van der Waals surface area (Å²) in [7, 11) is 7.61. The van der Waals surface area contributed by atoms with Crippen LogP contribution >= 0.6 is 0 Å². The van der Waals surface area contributed by atoms with Crippen molar-refractivity contribution < 1.29 is 18.7 Å². The minimum atomic E-state index is -0.411. The average molecular weight is 531 g/mol. The predicted octanol–water partition coefficient (Wildman–Crippen LogP) is 4.86. The fraction of sp³-hybridized carbons (Fsp3) is 0.290. The number of amides is 1. The second-order valence-electron chi connectivity index (χ2n) is 10.0. The number of likely N-dealkylation sites (N-methyl/N-ethyl adjacent to an activating group) is 2. The van der Waals surface area contributed by atoms with Crippen molar-refractivity contribution in [2.24, 2.45) is 0 Å². The lowest BCUT2D eigenvalue weighted by atomic mass is 9.98.